The van der Waals surface area contributed by atoms with E-state index >= 15 is 0 Å². The molecule has 6 N–H and O–H groups in total. The van der Waals surface area contributed by atoms with Crippen LogP contribution >= 0.6 is 0 Å². The van der Waals surface area contributed by atoms with Gasteiger partial charge >= 0.3 is 0 Å². The predicted octanol–water partition coefficient (Wildman–Crippen LogP) is 0.830. The van der Waals surface area contributed by atoms with Crippen LogP contribution in [0.5, 0.6) is 0 Å². The first-order chi connectivity index (χ1) is 12.9. The Morgan fingerprint density at radius 3 is 2.15 bits per heavy atom. The quantitative estimate of drug-likeness (QED) is 0.362. The first kappa shape index (κ1) is 21.4. The van der Waals surface area contributed by atoms with Crippen LogP contribution in [0.2, 0.25) is 0 Å². The van der Waals surface area contributed by atoms with Gasteiger partial charge in [-0.3, -0.25) is 9.59 Å². The lowest BCUT2D eigenvalue weighted by atomic mass is 10.1. The maximum absolute atomic E-state index is 12.0. The van der Waals surface area contributed by atoms with Crippen LogP contribution in [0.15, 0.2) is 55.8 Å². The number of rotatable bonds is 4. The minimum absolute atomic E-state index is 0.0879. The lowest BCUT2D eigenvalue weighted by molar-refractivity contribution is -0.122. The van der Waals surface area contributed by atoms with Gasteiger partial charge in [0.15, 0.2) is 0 Å². The van der Waals surface area contributed by atoms with Gasteiger partial charge in [-0.25, -0.2) is 4.98 Å². The number of nitrogen functional groups attached to an aromatic ring is 1. The second kappa shape index (κ2) is 10.4. The molecule has 2 aromatic rings. The molecule has 1 aromatic heterocycles. The summed E-state index contributed by atoms with van der Waals surface area (Å²) in [6, 6.07) is 9.05. The number of carbonyl (C=O) groups excluding carboxylic acids is 2. The topological polar surface area (TPSA) is 131 Å². The van der Waals surface area contributed by atoms with Crippen LogP contribution in [0.3, 0.4) is 0 Å². The second-order valence-corrected chi connectivity index (χ2v) is 5.40. The van der Waals surface area contributed by atoms with Crippen LogP contribution in [0.1, 0.15) is 28.5 Å². The van der Waals surface area contributed by atoms with Crippen LogP contribution in [-0.2, 0) is 4.79 Å². The molecular weight excluding hydrogens is 344 g/mol. The average molecular weight is 366 g/mol. The molecule has 140 valence electrons. The third-order valence-electron chi connectivity index (χ3n) is 3.33. The number of hydrogen-bond donors (Lipinski definition) is 4. The van der Waals surface area contributed by atoms with Crippen molar-refractivity contribution < 1.29 is 14.7 Å². The van der Waals surface area contributed by atoms with E-state index in [1.54, 1.807) is 30.3 Å². The van der Waals surface area contributed by atoms with Crippen LogP contribution in [0, 0.1) is 11.8 Å². The van der Waals surface area contributed by atoms with Crippen molar-refractivity contribution in [2.45, 2.75) is 19.1 Å². The molecule has 0 radical (unpaired) electrons. The number of benzene rings is 1. The molecule has 7 heteroatoms. The Bertz CT molecular complexity index is 834. The third kappa shape index (κ3) is 6.65. The zero-order chi connectivity index (χ0) is 20.4. The number of anilines is 1. The highest BCUT2D eigenvalue weighted by Crippen LogP contribution is 2.05. The number of nitrogens with zero attached hydrogens (tertiary/aromatic N) is 1. The van der Waals surface area contributed by atoms with Crippen molar-refractivity contribution in [3.63, 3.8) is 0 Å². The van der Waals surface area contributed by atoms with Crippen molar-refractivity contribution in [1.82, 2.24) is 10.3 Å². The van der Waals surface area contributed by atoms with Gasteiger partial charge in [0.2, 0.25) is 5.91 Å². The smallest absolute Gasteiger partial charge is 0.270 e. The Morgan fingerprint density at radius 1 is 1.11 bits per heavy atom. The molecule has 27 heavy (non-hydrogen) atoms. The molecular formula is C20H22N4O3. The molecule has 1 unspecified atom stereocenters. The van der Waals surface area contributed by atoms with Crippen LogP contribution < -0.4 is 16.8 Å². The largest absolute Gasteiger partial charge is 0.399 e. The van der Waals surface area contributed by atoms with Crippen molar-refractivity contribution in [2.24, 2.45) is 5.73 Å². The maximum Gasteiger partial charge on any atom is 0.270 e. The normalized spacial score (nSPS) is 11.6. The fraction of sp³-hybridized carbons (Fsp3) is 0.150. The Labute approximate surface area is 158 Å². The highest BCUT2D eigenvalue weighted by atomic mass is 16.3. The molecule has 0 spiro atoms. The van der Waals surface area contributed by atoms with E-state index in [-0.39, 0.29) is 5.69 Å². The number of nitrogens with one attached hydrogen (secondary N) is 1. The number of amides is 2. The number of aliphatic hydroxyl groups is 1. The van der Waals surface area contributed by atoms with Gasteiger partial charge in [0.25, 0.3) is 5.91 Å². The van der Waals surface area contributed by atoms with Gasteiger partial charge in [0, 0.05) is 23.0 Å². The summed E-state index contributed by atoms with van der Waals surface area (Å²) in [5.74, 6) is 4.45. The predicted molar refractivity (Wildman–Crippen MR) is 104 cm³/mol. The van der Waals surface area contributed by atoms with Gasteiger partial charge in [-0.15, -0.1) is 13.2 Å². The lowest BCUT2D eigenvalue weighted by Crippen LogP contribution is -2.50. The summed E-state index contributed by atoms with van der Waals surface area (Å²) in [6.45, 7) is 7.36. The van der Waals surface area contributed by atoms with Crippen LogP contribution in [-0.4, -0.2) is 34.1 Å². The summed E-state index contributed by atoms with van der Waals surface area (Å²) >= 11 is 0. The van der Waals surface area contributed by atoms with Crippen molar-refractivity contribution >= 4 is 17.5 Å². The number of aliphatic hydroxyl groups excluding tert-OH is 1. The molecule has 0 aliphatic rings. The van der Waals surface area contributed by atoms with E-state index in [0.29, 0.717) is 11.3 Å². The molecule has 2 atom stereocenters. The molecule has 1 aromatic carbocycles. The molecule has 0 saturated heterocycles. The van der Waals surface area contributed by atoms with E-state index in [4.69, 9.17) is 11.5 Å². The Morgan fingerprint density at radius 2 is 1.67 bits per heavy atom. The fourth-order valence-corrected chi connectivity index (χ4v) is 1.96. The summed E-state index contributed by atoms with van der Waals surface area (Å²) < 4.78 is 0. The minimum atomic E-state index is -1.18. The zero-order valence-electron chi connectivity index (χ0n) is 15.0. The molecule has 1 heterocycles. The number of primary amides is 1. The summed E-state index contributed by atoms with van der Waals surface area (Å²) in [4.78, 5) is 27.3. The van der Waals surface area contributed by atoms with E-state index < -0.39 is 24.0 Å². The lowest BCUT2D eigenvalue weighted by Gasteiger charge is -2.17. The summed E-state index contributed by atoms with van der Waals surface area (Å²) in [7, 11) is 0. The number of aromatic nitrogens is 1. The highest BCUT2D eigenvalue weighted by Gasteiger charge is 2.24. The van der Waals surface area contributed by atoms with Gasteiger partial charge in [0.05, 0.1) is 6.10 Å². The molecule has 0 fully saturated rings. The van der Waals surface area contributed by atoms with E-state index in [1.807, 2.05) is 0 Å². The average Bonchev–Trinajstić information content (AvgIpc) is 2.67. The first-order valence-corrected chi connectivity index (χ1v) is 7.98. The molecule has 7 nitrogen and oxygen atoms in total. The zero-order valence-corrected chi connectivity index (χ0v) is 15.0. The molecule has 2 amide bonds. The molecule has 0 bridgehead atoms. The van der Waals surface area contributed by atoms with Crippen molar-refractivity contribution in [3.05, 3.63) is 72.6 Å². The van der Waals surface area contributed by atoms with Crippen molar-refractivity contribution in [3.8, 4) is 11.8 Å². The SMILES string of the molecule is C=C.CC(O)[C@H](NC(=O)c1ccc(C#Cc2ccc(N)cc2)cn1)C(N)=O. The Kier molecular flexibility index (Phi) is 8.23. The Hall–Kier alpha value is -3.63. The molecule has 0 aliphatic carbocycles. The minimum Gasteiger partial charge on any atom is -0.399 e. The molecule has 0 aliphatic heterocycles. The van der Waals surface area contributed by atoms with Gasteiger partial charge in [0.1, 0.15) is 11.7 Å². The van der Waals surface area contributed by atoms with E-state index in [1.165, 1.54) is 19.2 Å². The van der Waals surface area contributed by atoms with Gasteiger partial charge in [-0.2, -0.15) is 0 Å². The van der Waals surface area contributed by atoms with Crippen LogP contribution in [0.4, 0.5) is 5.69 Å². The highest BCUT2D eigenvalue weighted by molar-refractivity contribution is 5.96. The van der Waals surface area contributed by atoms with E-state index in [2.05, 4.69) is 35.3 Å². The Balaban J connectivity index is 0.00000176. The maximum atomic E-state index is 12.0. The summed E-state index contributed by atoms with van der Waals surface area (Å²) in [6.07, 6.45) is 0.340. The van der Waals surface area contributed by atoms with Gasteiger partial charge in [-0.05, 0) is 43.3 Å². The monoisotopic (exact) mass is 366 g/mol. The number of nitrogens with two attached hydrogens (primary N) is 2. The van der Waals surface area contributed by atoms with Crippen molar-refractivity contribution in [1.29, 1.82) is 0 Å². The summed E-state index contributed by atoms with van der Waals surface area (Å²) in [5.41, 5.74) is 12.9. The summed E-state index contributed by atoms with van der Waals surface area (Å²) in [5, 5.41) is 11.8. The second-order valence-electron chi connectivity index (χ2n) is 5.40. The number of hydrogen-bond acceptors (Lipinski definition) is 5. The van der Waals surface area contributed by atoms with E-state index in [9.17, 15) is 14.7 Å². The van der Waals surface area contributed by atoms with Gasteiger partial charge in [-0.1, -0.05) is 11.8 Å². The van der Waals surface area contributed by atoms with Crippen LogP contribution in [0.25, 0.3) is 0 Å². The van der Waals surface area contributed by atoms with Gasteiger partial charge < -0.3 is 21.9 Å². The standard InChI is InChI=1S/C18H18N4O3.C2H4/c1-11(23)16(17(20)24)22-18(25)15-9-6-13(10-21-15)3-2-12-4-7-14(19)8-5-12;1-2/h4-11,16,23H,19H2,1H3,(H2,20,24)(H,22,25);1-2H2/t11?,16-;/m0./s1. The van der Waals surface area contributed by atoms with Crippen molar-refractivity contribution in [2.75, 3.05) is 5.73 Å². The first-order valence-electron chi connectivity index (χ1n) is 7.98. The van der Waals surface area contributed by atoms with E-state index in [0.717, 1.165) is 5.56 Å². The molecule has 0 saturated carbocycles. The third-order valence-corrected chi connectivity index (χ3v) is 3.33. The fourth-order valence-electron chi connectivity index (χ4n) is 1.96. The number of carbonyl (C=O) groups is 2. The number of pyridine rings is 1. The molecule has 2 rings (SSSR count).